The Bertz CT molecular complexity index is 527. The SMILES string of the molecule is CCCn1c(SC(C)CC(C)(NCC)C(N)=O)n[nH]c1=O. The summed E-state index contributed by atoms with van der Waals surface area (Å²) in [6.45, 7) is 9.04. The second-order valence-corrected chi connectivity index (χ2v) is 6.73. The van der Waals surface area contributed by atoms with Crippen LogP contribution in [0.15, 0.2) is 9.95 Å². The molecule has 0 saturated carbocycles. The zero-order chi connectivity index (χ0) is 16.0. The first-order valence-electron chi connectivity index (χ1n) is 7.20. The number of aromatic nitrogens is 3. The van der Waals surface area contributed by atoms with Crippen molar-refractivity contribution in [3.8, 4) is 0 Å². The van der Waals surface area contributed by atoms with Gasteiger partial charge in [-0.2, -0.15) is 0 Å². The molecule has 120 valence electrons. The van der Waals surface area contributed by atoms with E-state index in [0.717, 1.165) is 6.42 Å². The lowest BCUT2D eigenvalue weighted by Crippen LogP contribution is -2.54. The van der Waals surface area contributed by atoms with Crippen LogP contribution in [0, 0.1) is 0 Å². The van der Waals surface area contributed by atoms with E-state index in [1.807, 2.05) is 20.8 Å². The molecule has 2 unspecified atom stereocenters. The molecule has 0 saturated heterocycles. The summed E-state index contributed by atoms with van der Waals surface area (Å²) in [6.07, 6.45) is 1.42. The molecular formula is C13H25N5O2S. The quantitative estimate of drug-likeness (QED) is 0.582. The van der Waals surface area contributed by atoms with Crippen LogP contribution in [-0.2, 0) is 11.3 Å². The van der Waals surface area contributed by atoms with Crippen molar-refractivity contribution in [1.82, 2.24) is 20.1 Å². The second kappa shape index (κ2) is 7.65. The van der Waals surface area contributed by atoms with Gasteiger partial charge in [0.2, 0.25) is 5.91 Å². The maximum atomic E-state index is 11.7. The highest BCUT2D eigenvalue weighted by atomic mass is 32.2. The molecule has 0 aliphatic carbocycles. The number of hydrogen-bond donors (Lipinski definition) is 3. The number of carbonyl (C=O) groups is 1. The van der Waals surface area contributed by atoms with Gasteiger partial charge in [0.25, 0.3) is 0 Å². The Morgan fingerprint density at radius 1 is 1.57 bits per heavy atom. The second-order valence-electron chi connectivity index (χ2n) is 5.32. The fourth-order valence-electron chi connectivity index (χ4n) is 2.26. The number of nitrogens with two attached hydrogens (primary N) is 1. The molecule has 4 N–H and O–H groups in total. The lowest BCUT2D eigenvalue weighted by molar-refractivity contribution is -0.124. The number of nitrogens with one attached hydrogen (secondary N) is 2. The van der Waals surface area contributed by atoms with Gasteiger partial charge < -0.3 is 11.1 Å². The molecule has 1 rings (SSSR count). The summed E-state index contributed by atoms with van der Waals surface area (Å²) in [5.41, 5.74) is 4.54. The van der Waals surface area contributed by atoms with E-state index in [1.54, 1.807) is 11.5 Å². The largest absolute Gasteiger partial charge is 0.368 e. The normalized spacial score (nSPS) is 15.6. The topological polar surface area (TPSA) is 106 Å². The van der Waals surface area contributed by atoms with Crippen molar-refractivity contribution < 1.29 is 4.79 Å². The van der Waals surface area contributed by atoms with Crippen molar-refractivity contribution in [2.24, 2.45) is 5.73 Å². The van der Waals surface area contributed by atoms with Gasteiger partial charge in [-0.25, -0.2) is 9.89 Å². The van der Waals surface area contributed by atoms with Crippen molar-refractivity contribution in [2.45, 2.75) is 63.0 Å². The number of carbonyl (C=O) groups excluding carboxylic acids is 1. The van der Waals surface area contributed by atoms with Crippen molar-refractivity contribution in [3.05, 3.63) is 10.5 Å². The summed E-state index contributed by atoms with van der Waals surface area (Å²) in [5, 5.41) is 10.4. The van der Waals surface area contributed by atoms with Crippen LogP contribution in [0.25, 0.3) is 0 Å². The Hall–Kier alpha value is -1.28. The predicted octanol–water partition coefficient (Wildman–Crippen LogP) is 0.706. The van der Waals surface area contributed by atoms with Crippen LogP contribution in [0.5, 0.6) is 0 Å². The maximum Gasteiger partial charge on any atom is 0.343 e. The van der Waals surface area contributed by atoms with Crippen molar-refractivity contribution in [3.63, 3.8) is 0 Å². The standard InChI is InChI=1S/C13H25N5O2S/c1-5-7-18-11(20)16-17-12(18)21-9(3)8-13(4,10(14)19)15-6-2/h9,15H,5-8H2,1-4H3,(H2,14,19)(H,16,20). The molecule has 0 aliphatic heterocycles. The molecule has 0 aromatic carbocycles. The van der Waals surface area contributed by atoms with Crippen LogP contribution >= 0.6 is 11.8 Å². The summed E-state index contributed by atoms with van der Waals surface area (Å²) in [5.74, 6) is -0.371. The zero-order valence-electron chi connectivity index (χ0n) is 13.1. The molecule has 1 aromatic rings. The first-order chi connectivity index (χ1) is 9.84. The monoisotopic (exact) mass is 315 g/mol. The molecule has 0 radical (unpaired) electrons. The average molecular weight is 315 g/mol. The Labute approximate surface area is 129 Å². The van der Waals surface area contributed by atoms with E-state index in [2.05, 4.69) is 15.5 Å². The third-order valence-corrected chi connectivity index (χ3v) is 4.38. The Kier molecular flexibility index (Phi) is 6.47. The van der Waals surface area contributed by atoms with Crippen LogP contribution in [0.4, 0.5) is 0 Å². The van der Waals surface area contributed by atoms with Gasteiger partial charge in [0.15, 0.2) is 5.16 Å². The predicted molar refractivity (Wildman–Crippen MR) is 84.4 cm³/mol. The number of nitrogens with zero attached hydrogens (tertiary/aromatic N) is 2. The lowest BCUT2D eigenvalue weighted by Gasteiger charge is -2.29. The number of rotatable bonds is 9. The van der Waals surface area contributed by atoms with Crippen LogP contribution in [-0.4, -0.2) is 38.0 Å². The third-order valence-electron chi connectivity index (χ3n) is 3.28. The highest BCUT2D eigenvalue weighted by molar-refractivity contribution is 7.99. The summed E-state index contributed by atoms with van der Waals surface area (Å²) in [4.78, 5) is 23.3. The van der Waals surface area contributed by atoms with Gasteiger partial charge in [-0.15, -0.1) is 5.10 Å². The lowest BCUT2D eigenvalue weighted by atomic mass is 9.95. The number of likely N-dealkylation sites (N-methyl/N-ethyl adjacent to an activating group) is 1. The number of H-pyrrole nitrogens is 1. The molecule has 1 heterocycles. The van der Waals surface area contributed by atoms with Gasteiger partial charge in [0.1, 0.15) is 0 Å². The van der Waals surface area contributed by atoms with E-state index in [0.29, 0.717) is 24.7 Å². The van der Waals surface area contributed by atoms with E-state index < -0.39 is 5.54 Å². The number of thioether (sulfide) groups is 1. The van der Waals surface area contributed by atoms with Gasteiger partial charge in [0.05, 0.1) is 5.54 Å². The molecule has 21 heavy (non-hydrogen) atoms. The number of amides is 1. The highest BCUT2D eigenvalue weighted by Gasteiger charge is 2.32. The maximum absolute atomic E-state index is 11.7. The van der Waals surface area contributed by atoms with Gasteiger partial charge >= 0.3 is 5.69 Å². The minimum Gasteiger partial charge on any atom is -0.368 e. The summed E-state index contributed by atoms with van der Waals surface area (Å²) in [6, 6.07) is 0. The molecule has 7 nitrogen and oxygen atoms in total. The van der Waals surface area contributed by atoms with Crippen LogP contribution in [0.3, 0.4) is 0 Å². The van der Waals surface area contributed by atoms with Gasteiger partial charge in [0, 0.05) is 11.8 Å². The van der Waals surface area contributed by atoms with Crippen molar-refractivity contribution >= 4 is 17.7 Å². The Morgan fingerprint density at radius 3 is 2.76 bits per heavy atom. The number of primary amides is 1. The fraction of sp³-hybridized carbons (Fsp3) is 0.769. The molecule has 0 spiro atoms. The Balaban J connectivity index is 2.79. The number of hydrogen-bond acceptors (Lipinski definition) is 5. The molecule has 8 heteroatoms. The van der Waals surface area contributed by atoms with Gasteiger partial charge in [-0.1, -0.05) is 32.5 Å². The van der Waals surface area contributed by atoms with Crippen molar-refractivity contribution in [1.29, 1.82) is 0 Å². The summed E-state index contributed by atoms with van der Waals surface area (Å²) >= 11 is 1.47. The van der Waals surface area contributed by atoms with Gasteiger partial charge in [-0.05, 0) is 26.3 Å². The van der Waals surface area contributed by atoms with E-state index in [4.69, 9.17) is 5.73 Å². The summed E-state index contributed by atoms with van der Waals surface area (Å²) < 4.78 is 1.62. The third kappa shape index (κ3) is 4.60. The molecule has 1 aromatic heterocycles. The minimum absolute atomic E-state index is 0.0901. The molecular weight excluding hydrogens is 290 g/mol. The molecule has 1 amide bonds. The average Bonchev–Trinajstić information content (AvgIpc) is 2.72. The smallest absolute Gasteiger partial charge is 0.343 e. The first-order valence-corrected chi connectivity index (χ1v) is 8.08. The van der Waals surface area contributed by atoms with Crippen molar-refractivity contribution in [2.75, 3.05) is 6.54 Å². The van der Waals surface area contributed by atoms with Gasteiger partial charge in [-0.3, -0.25) is 9.36 Å². The van der Waals surface area contributed by atoms with E-state index in [1.165, 1.54) is 11.8 Å². The molecule has 0 fully saturated rings. The Morgan fingerprint density at radius 2 is 2.24 bits per heavy atom. The molecule has 0 aliphatic rings. The van der Waals surface area contributed by atoms with Crippen LogP contribution in [0.1, 0.15) is 40.5 Å². The first kappa shape index (κ1) is 17.8. The zero-order valence-corrected chi connectivity index (χ0v) is 13.9. The molecule has 2 atom stereocenters. The minimum atomic E-state index is -0.757. The number of aromatic amines is 1. The van der Waals surface area contributed by atoms with E-state index >= 15 is 0 Å². The summed E-state index contributed by atoms with van der Waals surface area (Å²) in [7, 11) is 0. The van der Waals surface area contributed by atoms with E-state index in [-0.39, 0.29) is 16.8 Å². The highest BCUT2D eigenvalue weighted by Crippen LogP contribution is 2.26. The fourth-order valence-corrected chi connectivity index (χ4v) is 3.44. The van der Waals surface area contributed by atoms with Crippen LogP contribution in [0.2, 0.25) is 0 Å². The molecule has 0 bridgehead atoms. The van der Waals surface area contributed by atoms with E-state index in [9.17, 15) is 9.59 Å². The van der Waals surface area contributed by atoms with Crippen LogP contribution < -0.4 is 16.7 Å².